The van der Waals surface area contributed by atoms with Gasteiger partial charge in [-0.3, -0.25) is 4.98 Å². The summed E-state index contributed by atoms with van der Waals surface area (Å²) in [6.07, 6.45) is 2.54. The molecule has 0 aliphatic carbocycles. The normalized spacial score (nSPS) is 21.3. The van der Waals surface area contributed by atoms with Gasteiger partial charge in [-0.1, -0.05) is 6.92 Å². The Balaban J connectivity index is 2.49. The van der Waals surface area contributed by atoms with Crippen LogP contribution < -0.4 is 5.73 Å². The molecule has 0 bridgehead atoms. The highest BCUT2D eigenvalue weighted by Crippen LogP contribution is 2.29. The van der Waals surface area contributed by atoms with E-state index >= 15 is 0 Å². The smallest absolute Gasteiger partial charge is 0.247 e. The summed E-state index contributed by atoms with van der Waals surface area (Å²) >= 11 is 1.43. The van der Waals surface area contributed by atoms with Crippen LogP contribution in [0.3, 0.4) is 0 Å². The van der Waals surface area contributed by atoms with Crippen molar-refractivity contribution in [3.05, 3.63) is 18.5 Å². The van der Waals surface area contributed by atoms with Crippen LogP contribution >= 0.6 is 11.8 Å². The fourth-order valence-corrected chi connectivity index (χ4v) is 7.36. The molecule has 1 aromatic heterocycles. The average molecular weight is 351 g/mol. The lowest BCUT2D eigenvalue weighted by Crippen LogP contribution is -2.50. The Labute approximate surface area is 128 Å². The molecule has 1 aromatic rings. The van der Waals surface area contributed by atoms with Gasteiger partial charge < -0.3 is 5.73 Å². The number of rotatable bonds is 4. The van der Waals surface area contributed by atoms with Gasteiger partial charge in [0, 0.05) is 36.2 Å². The van der Waals surface area contributed by atoms with Gasteiger partial charge in [0.1, 0.15) is 10.3 Å². The zero-order valence-corrected chi connectivity index (χ0v) is 13.9. The van der Waals surface area contributed by atoms with Crippen molar-refractivity contribution < 1.29 is 16.8 Å². The van der Waals surface area contributed by atoms with E-state index in [4.69, 9.17) is 5.73 Å². The van der Waals surface area contributed by atoms with Gasteiger partial charge in [-0.25, -0.2) is 16.8 Å². The molecule has 1 fully saturated rings. The Morgan fingerprint density at radius 2 is 2.14 bits per heavy atom. The maximum Gasteiger partial charge on any atom is 0.247 e. The van der Waals surface area contributed by atoms with Crippen molar-refractivity contribution in [2.24, 2.45) is 0 Å². The number of sulfonamides is 1. The van der Waals surface area contributed by atoms with Gasteiger partial charge in [0.05, 0.1) is 5.69 Å². The number of thioether (sulfide) groups is 1. The molecule has 10 heteroatoms. The number of sulfone groups is 1. The number of hydrogen-bond acceptors (Lipinski definition) is 7. The van der Waals surface area contributed by atoms with Crippen molar-refractivity contribution in [2.45, 2.75) is 17.2 Å². The Bertz CT molecular complexity index is 718. The molecular formula is C11H17N3O4S3. The third-order valence-corrected chi connectivity index (χ3v) is 8.63. The molecule has 118 valence electrons. The van der Waals surface area contributed by atoms with Crippen LogP contribution in [-0.4, -0.2) is 55.3 Å². The van der Waals surface area contributed by atoms with E-state index < -0.39 is 25.2 Å². The lowest BCUT2D eigenvalue weighted by Gasteiger charge is -2.33. The first-order valence-corrected chi connectivity index (χ1v) is 10.6. The highest BCUT2D eigenvalue weighted by atomic mass is 32.2. The third-order valence-electron chi connectivity index (χ3n) is 3.26. The van der Waals surface area contributed by atoms with Crippen LogP contribution in [0, 0.1) is 0 Å². The molecule has 1 unspecified atom stereocenters. The van der Waals surface area contributed by atoms with Crippen molar-refractivity contribution in [3.8, 4) is 0 Å². The number of nitrogen functional groups attached to an aromatic ring is 1. The summed E-state index contributed by atoms with van der Waals surface area (Å²) in [7, 11) is -7.49. The van der Waals surface area contributed by atoms with Crippen LogP contribution in [0.4, 0.5) is 5.69 Å². The van der Waals surface area contributed by atoms with E-state index in [2.05, 4.69) is 4.98 Å². The zero-order chi connectivity index (χ0) is 15.7. The Hall–Kier alpha value is -0.840. The number of aromatic nitrogens is 1. The van der Waals surface area contributed by atoms with Crippen molar-refractivity contribution in [1.29, 1.82) is 0 Å². The first-order chi connectivity index (χ1) is 9.80. The number of nitrogens with two attached hydrogens (primary N) is 1. The molecule has 21 heavy (non-hydrogen) atoms. The van der Waals surface area contributed by atoms with E-state index in [1.54, 1.807) is 0 Å². The predicted molar refractivity (Wildman–Crippen MR) is 83.1 cm³/mol. The fraction of sp³-hybridized carbons (Fsp3) is 0.545. The minimum atomic E-state index is -3.98. The van der Waals surface area contributed by atoms with Gasteiger partial charge in [0.15, 0.2) is 9.84 Å². The molecule has 7 nitrogen and oxygen atoms in total. The zero-order valence-electron chi connectivity index (χ0n) is 11.5. The maximum absolute atomic E-state index is 12.7. The van der Waals surface area contributed by atoms with E-state index in [-0.39, 0.29) is 28.6 Å². The van der Waals surface area contributed by atoms with Gasteiger partial charge in [0.2, 0.25) is 10.0 Å². The fourth-order valence-electron chi connectivity index (χ4n) is 2.05. The minimum absolute atomic E-state index is 0.0656. The Morgan fingerprint density at radius 3 is 2.76 bits per heavy atom. The molecule has 0 amide bonds. The SMILES string of the molecule is CCS(=O)(=O)C1CSCCN1S(=O)(=O)c1cnccc1N. The second-order valence-electron chi connectivity index (χ2n) is 4.51. The summed E-state index contributed by atoms with van der Waals surface area (Å²) in [6.45, 7) is 1.66. The van der Waals surface area contributed by atoms with E-state index in [1.807, 2.05) is 0 Å². The van der Waals surface area contributed by atoms with Gasteiger partial charge >= 0.3 is 0 Å². The molecule has 2 heterocycles. The number of anilines is 1. The number of pyridine rings is 1. The predicted octanol–water partition coefficient (Wildman–Crippen LogP) is 0.162. The topological polar surface area (TPSA) is 110 Å². The van der Waals surface area contributed by atoms with Crippen molar-refractivity contribution >= 4 is 37.3 Å². The molecule has 0 saturated carbocycles. The monoisotopic (exact) mass is 351 g/mol. The molecule has 1 aliphatic rings. The summed E-state index contributed by atoms with van der Waals surface area (Å²) in [4.78, 5) is 3.63. The van der Waals surface area contributed by atoms with E-state index in [9.17, 15) is 16.8 Å². The highest BCUT2D eigenvalue weighted by Gasteiger charge is 2.41. The summed E-state index contributed by atoms with van der Waals surface area (Å²) < 4.78 is 50.8. The summed E-state index contributed by atoms with van der Waals surface area (Å²) in [5, 5.41) is -1.05. The number of nitrogens with zero attached hydrogens (tertiary/aromatic N) is 2. The van der Waals surface area contributed by atoms with Crippen LogP contribution in [0.1, 0.15) is 6.92 Å². The van der Waals surface area contributed by atoms with E-state index in [0.29, 0.717) is 5.75 Å². The first-order valence-electron chi connectivity index (χ1n) is 6.31. The van der Waals surface area contributed by atoms with Crippen LogP contribution in [-0.2, 0) is 19.9 Å². The largest absolute Gasteiger partial charge is 0.398 e. The summed E-state index contributed by atoms with van der Waals surface area (Å²) in [5.74, 6) is 0.678. The summed E-state index contributed by atoms with van der Waals surface area (Å²) in [5.41, 5.74) is 5.77. The molecule has 1 atom stereocenters. The molecule has 0 aromatic carbocycles. The van der Waals surface area contributed by atoms with Crippen molar-refractivity contribution in [1.82, 2.24) is 9.29 Å². The molecule has 1 aliphatic heterocycles. The Kier molecular flexibility index (Phi) is 4.81. The van der Waals surface area contributed by atoms with Crippen LogP contribution in [0.2, 0.25) is 0 Å². The molecule has 0 spiro atoms. The second-order valence-corrected chi connectivity index (χ2v) is 9.97. The van der Waals surface area contributed by atoms with Gasteiger partial charge in [0.25, 0.3) is 0 Å². The molecule has 1 saturated heterocycles. The minimum Gasteiger partial charge on any atom is -0.398 e. The summed E-state index contributed by atoms with van der Waals surface area (Å²) in [6, 6.07) is 1.38. The average Bonchev–Trinajstić information content (AvgIpc) is 2.47. The van der Waals surface area contributed by atoms with E-state index in [0.717, 1.165) is 10.5 Å². The van der Waals surface area contributed by atoms with Crippen molar-refractivity contribution in [3.63, 3.8) is 0 Å². The van der Waals surface area contributed by atoms with E-state index in [1.165, 1.54) is 30.9 Å². The van der Waals surface area contributed by atoms with Crippen LogP contribution in [0.5, 0.6) is 0 Å². The lowest BCUT2D eigenvalue weighted by molar-refractivity contribution is 0.404. The lowest BCUT2D eigenvalue weighted by atomic mass is 10.4. The van der Waals surface area contributed by atoms with Gasteiger partial charge in [-0.05, 0) is 6.07 Å². The van der Waals surface area contributed by atoms with Gasteiger partial charge in [-0.2, -0.15) is 16.1 Å². The van der Waals surface area contributed by atoms with Crippen LogP contribution in [0.15, 0.2) is 23.4 Å². The highest BCUT2D eigenvalue weighted by molar-refractivity contribution is 8.01. The Morgan fingerprint density at radius 1 is 1.43 bits per heavy atom. The maximum atomic E-state index is 12.7. The van der Waals surface area contributed by atoms with Crippen molar-refractivity contribution in [2.75, 3.05) is 29.5 Å². The first kappa shape index (κ1) is 16.5. The van der Waals surface area contributed by atoms with Crippen LogP contribution in [0.25, 0.3) is 0 Å². The second kappa shape index (κ2) is 6.11. The number of hydrogen-bond donors (Lipinski definition) is 1. The third kappa shape index (κ3) is 3.17. The standard InChI is InChI=1S/C11H17N3O4S3/c1-2-20(15,16)11-8-19-6-5-14(11)21(17,18)10-7-13-4-3-9(10)12/h3-4,7,11H,2,5-6,8H2,1H3,(H2,12,13). The van der Waals surface area contributed by atoms with Gasteiger partial charge in [-0.15, -0.1) is 0 Å². The molecular weight excluding hydrogens is 334 g/mol. The molecule has 0 radical (unpaired) electrons. The molecule has 2 rings (SSSR count). The molecule has 2 N–H and O–H groups in total. The quantitative estimate of drug-likeness (QED) is 0.822.